The molecule has 16 nitrogen and oxygen atoms in total. The second-order valence-electron chi connectivity index (χ2n) is 11.4. The van der Waals surface area contributed by atoms with E-state index in [-0.39, 0.29) is 25.8 Å². The van der Waals surface area contributed by atoms with Crippen LogP contribution in [0.1, 0.15) is 33.1 Å². The Morgan fingerprint density at radius 1 is 1.12 bits per heavy atom. The fourth-order valence-electron chi connectivity index (χ4n) is 6.50. The van der Waals surface area contributed by atoms with Crippen molar-refractivity contribution in [3.63, 3.8) is 0 Å². The van der Waals surface area contributed by atoms with Crippen molar-refractivity contribution in [3.05, 3.63) is 0 Å². The van der Waals surface area contributed by atoms with E-state index in [4.69, 9.17) is 36.1 Å². The molecule has 14 N–H and O–H groups in total. The van der Waals surface area contributed by atoms with Crippen LogP contribution in [-0.2, 0) is 23.7 Å². The third kappa shape index (κ3) is 4.87. The normalized spacial score (nSPS) is 51.2. The summed E-state index contributed by atoms with van der Waals surface area (Å²) < 4.78 is 23.5. The Labute approximate surface area is 231 Å². The quantitative estimate of drug-likeness (QED) is 0.115. The number of nitrogens with one attached hydrogen (secondary N) is 1. The van der Waals surface area contributed by atoms with Gasteiger partial charge in [-0.25, -0.2) is 0 Å². The van der Waals surface area contributed by atoms with Crippen LogP contribution in [0.25, 0.3) is 0 Å². The molecule has 0 aromatic heterocycles. The highest BCUT2D eigenvalue weighted by Gasteiger charge is 2.84. The molecule has 16 unspecified atom stereocenters. The van der Waals surface area contributed by atoms with Gasteiger partial charge in [0.25, 0.3) is 0 Å². The number of carbonyl (C=O) groups excluding carboxylic acids is 1. The van der Waals surface area contributed by atoms with E-state index < -0.39 is 109 Å². The molecule has 2 aliphatic carbocycles. The van der Waals surface area contributed by atoms with Gasteiger partial charge in [-0.05, 0) is 25.8 Å². The second kappa shape index (κ2) is 11.9. The first-order valence-electron chi connectivity index (χ1n) is 13.7. The molecule has 0 spiro atoms. The van der Waals surface area contributed by atoms with Gasteiger partial charge in [0.15, 0.2) is 18.2 Å². The number of rotatable bonds is 10. The largest absolute Gasteiger partial charge is 0.394 e. The van der Waals surface area contributed by atoms with Gasteiger partial charge in [0, 0.05) is 12.0 Å². The van der Waals surface area contributed by atoms with Crippen molar-refractivity contribution in [2.75, 3.05) is 13.2 Å². The lowest BCUT2D eigenvalue weighted by molar-refractivity contribution is -0.525. The first-order valence-corrected chi connectivity index (χ1v) is 13.7. The van der Waals surface area contributed by atoms with E-state index in [9.17, 15) is 40.5 Å². The lowest BCUT2D eigenvalue weighted by atomic mass is 9.54. The lowest BCUT2D eigenvalue weighted by Gasteiger charge is -2.72. The van der Waals surface area contributed by atoms with Gasteiger partial charge in [-0.1, -0.05) is 13.8 Å². The Morgan fingerprint density at radius 3 is 2.40 bits per heavy atom. The van der Waals surface area contributed by atoms with E-state index in [0.29, 0.717) is 0 Å². The van der Waals surface area contributed by atoms with Crippen LogP contribution in [0.2, 0.25) is 0 Å². The second-order valence-corrected chi connectivity index (χ2v) is 11.4. The molecule has 16 heteroatoms. The van der Waals surface area contributed by atoms with Gasteiger partial charge in [0.2, 0.25) is 5.91 Å². The third-order valence-electron chi connectivity index (χ3n) is 9.07. The summed E-state index contributed by atoms with van der Waals surface area (Å²) in [5.41, 5.74) is 14.6. The molecule has 0 bridgehead atoms. The summed E-state index contributed by atoms with van der Waals surface area (Å²) in [6, 6.07) is -2.80. The van der Waals surface area contributed by atoms with Gasteiger partial charge in [-0.2, -0.15) is 0 Å². The Kier molecular flexibility index (Phi) is 9.46. The zero-order chi connectivity index (χ0) is 29.7. The number of nitrogens with two attached hydrogens (primary N) is 3. The van der Waals surface area contributed by atoms with E-state index in [2.05, 4.69) is 5.32 Å². The molecular formula is C24H44N4O12. The van der Waals surface area contributed by atoms with Gasteiger partial charge >= 0.3 is 0 Å². The molecule has 232 valence electrons. The van der Waals surface area contributed by atoms with Crippen LogP contribution in [0.15, 0.2) is 0 Å². The van der Waals surface area contributed by atoms with E-state index in [1.165, 1.54) is 0 Å². The molecule has 40 heavy (non-hydrogen) atoms. The van der Waals surface area contributed by atoms with Gasteiger partial charge < -0.3 is 77.2 Å². The summed E-state index contributed by atoms with van der Waals surface area (Å²) >= 11 is 0. The standard InChI is InChI=1S/C24H44N4O12/c1-3-23-18(33)19(34)24(23,36)22(40-23)39-16-8(2)17(10(6-9(16)26)28-20(35)11(30)4-5-25)38-21-15(32)13(27)14(31)12(7-29)37-21/h8-19,21-22,29-34,36H,3-7,25-27H2,1-2H3,(H,28,35). The molecule has 0 aromatic rings. The highest BCUT2D eigenvalue weighted by molar-refractivity contribution is 5.80. The van der Waals surface area contributed by atoms with Gasteiger partial charge in [0.05, 0.1) is 30.9 Å². The molecule has 4 rings (SSSR count). The maximum absolute atomic E-state index is 12.7. The summed E-state index contributed by atoms with van der Waals surface area (Å²) in [6.07, 6.45) is -12.5. The number of fused-ring (bicyclic) bond motifs is 1. The smallest absolute Gasteiger partial charge is 0.249 e. The number of carbonyl (C=O) groups is 1. The fourth-order valence-corrected chi connectivity index (χ4v) is 6.50. The van der Waals surface area contributed by atoms with E-state index in [0.717, 1.165) is 0 Å². The number of ether oxygens (including phenoxy) is 4. The van der Waals surface area contributed by atoms with Crippen LogP contribution in [0, 0.1) is 5.92 Å². The number of aliphatic hydroxyl groups excluding tert-OH is 6. The van der Waals surface area contributed by atoms with E-state index >= 15 is 0 Å². The Hall–Kier alpha value is -1.09. The van der Waals surface area contributed by atoms with Crippen LogP contribution in [-0.4, -0.2) is 146 Å². The summed E-state index contributed by atoms with van der Waals surface area (Å²) in [6.45, 7) is 2.84. The van der Waals surface area contributed by atoms with Crippen LogP contribution in [0.4, 0.5) is 0 Å². The van der Waals surface area contributed by atoms with Gasteiger partial charge in [-0.15, -0.1) is 0 Å². The maximum atomic E-state index is 12.7. The topological polar surface area (TPSA) is 286 Å². The number of amides is 1. The van der Waals surface area contributed by atoms with Crippen LogP contribution in [0.5, 0.6) is 0 Å². The molecule has 2 heterocycles. The van der Waals surface area contributed by atoms with Crippen LogP contribution < -0.4 is 22.5 Å². The Balaban J connectivity index is 1.55. The molecular weight excluding hydrogens is 536 g/mol. The third-order valence-corrected chi connectivity index (χ3v) is 9.07. The minimum Gasteiger partial charge on any atom is -0.394 e. The van der Waals surface area contributed by atoms with E-state index in [1.54, 1.807) is 13.8 Å². The molecule has 2 saturated heterocycles. The predicted molar refractivity (Wildman–Crippen MR) is 134 cm³/mol. The summed E-state index contributed by atoms with van der Waals surface area (Å²) in [5, 5.41) is 75.0. The van der Waals surface area contributed by atoms with Crippen molar-refractivity contribution >= 4 is 5.91 Å². The number of hydrogen-bond donors (Lipinski definition) is 11. The minimum atomic E-state index is -1.87. The van der Waals surface area contributed by atoms with Crippen molar-refractivity contribution in [1.29, 1.82) is 0 Å². The first kappa shape index (κ1) is 31.8. The average Bonchev–Trinajstić information content (AvgIpc) is 2.93. The summed E-state index contributed by atoms with van der Waals surface area (Å²) in [4.78, 5) is 12.7. The zero-order valence-corrected chi connectivity index (χ0v) is 22.5. The monoisotopic (exact) mass is 580 g/mol. The lowest BCUT2D eigenvalue weighted by Crippen LogP contribution is -2.94. The molecule has 16 atom stereocenters. The highest BCUT2D eigenvalue weighted by Crippen LogP contribution is 2.60. The first-order chi connectivity index (χ1) is 18.8. The van der Waals surface area contributed by atoms with Crippen molar-refractivity contribution in [2.45, 2.75) is 124 Å². The van der Waals surface area contributed by atoms with Crippen molar-refractivity contribution in [1.82, 2.24) is 5.32 Å². The zero-order valence-electron chi connectivity index (χ0n) is 22.5. The van der Waals surface area contributed by atoms with Crippen molar-refractivity contribution in [2.24, 2.45) is 23.1 Å². The Morgan fingerprint density at radius 2 is 1.80 bits per heavy atom. The summed E-state index contributed by atoms with van der Waals surface area (Å²) in [5.74, 6) is -1.40. The molecule has 0 aromatic carbocycles. The molecule has 4 fully saturated rings. The maximum Gasteiger partial charge on any atom is 0.249 e. The van der Waals surface area contributed by atoms with Crippen LogP contribution >= 0.6 is 0 Å². The van der Waals surface area contributed by atoms with Crippen molar-refractivity contribution < 1.29 is 59.5 Å². The molecule has 2 aliphatic heterocycles. The summed E-state index contributed by atoms with van der Waals surface area (Å²) in [7, 11) is 0. The molecule has 2 saturated carbocycles. The SMILES string of the molecule is CCC12OC(OC3C(N)CC(NC(=O)C(O)CCN)C(OC4OC(CO)C(O)C(N)C4O)C3C)C1(O)C(O)C2O. The van der Waals surface area contributed by atoms with Crippen molar-refractivity contribution in [3.8, 4) is 0 Å². The Bertz CT molecular complexity index is 904. The minimum absolute atomic E-state index is 0.0117. The highest BCUT2D eigenvalue weighted by atomic mass is 16.8. The fraction of sp³-hybridized carbons (Fsp3) is 0.958. The van der Waals surface area contributed by atoms with Gasteiger partial charge in [0.1, 0.15) is 42.2 Å². The molecule has 1 amide bonds. The molecule has 0 radical (unpaired) electrons. The van der Waals surface area contributed by atoms with Gasteiger partial charge in [-0.3, -0.25) is 4.79 Å². The number of aliphatic hydroxyl groups is 7. The van der Waals surface area contributed by atoms with E-state index in [1.807, 2.05) is 0 Å². The predicted octanol–water partition coefficient (Wildman–Crippen LogP) is -5.94. The van der Waals surface area contributed by atoms with Crippen LogP contribution in [0.3, 0.4) is 0 Å². The molecule has 4 aliphatic rings. The average molecular weight is 581 g/mol. The number of hydrogen-bond acceptors (Lipinski definition) is 15.